The second kappa shape index (κ2) is 6.18. The zero-order valence-electron chi connectivity index (χ0n) is 10.7. The van der Waals surface area contributed by atoms with E-state index in [0.29, 0.717) is 4.31 Å². The molecule has 1 rings (SSSR count). The standard InChI is InChI=1S/C10H12F3N3O4S/c1-21(18,19)16(6-9(17)15-14)7-2-4-8(5-3-7)20-10(11,12)13/h2-5H,6,14H2,1H3,(H,15,17). The van der Waals surface area contributed by atoms with Crippen LogP contribution in [-0.2, 0) is 14.8 Å². The first-order chi connectivity index (χ1) is 9.53. The van der Waals surface area contributed by atoms with Crippen LogP contribution in [0.3, 0.4) is 0 Å². The van der Waals surface area contributed by atoms with Gasteiger partial charge in [-0.3, -0.25) is 14.5 Å². The molecule has 0 aliphatic rings. The number of carbonyl (C=O) groups is 1. The van der Waals surface area contributed by atoms with Gasteiger partial charge in [-0.05, 0) is 24.3 Å². The third kappa shape index (κ3) is 5.47. The smallest absolute Gasteiger partial charge is 0.406 e. The fourth-order valence-corrected chi connectivity index (χ4v) is 2.25. The molecule has 1 aromatic rings. The van der Waals surface area contributed by atoms with Crippen LogP contribution in [0.15, 0.2) is 24.3 Å². The fourth-order valence-electron chi connectivity index (χ4n) is 1.39. The van der Waals surface area contributed by atoms with Crippen LogP contribution in [-0.4, -0.2) is 33.5 Å². The fraction of sp³-hybridized carbons (Fsp3) is 0.300. The molecule has 0 aliphatic carbocycles. The number of alkyl halides is 3. The zero-order valence-corrected chi connectivity index (χ0v) is 11.5. The Morgan fingerprint density at radius 1 is 1.33 bits per heavy atom. The summed E-state index contributed by atoms with van der Waals surface area (Å²) >= 11 is 0. The first-order valence-corrected chi connectivity index (χ1v) is 7.21. The number of hydrazine groups is 1. The molecule has 7 nitrogen and oxygen atoms in total. The van der Waals surface area contributed by atoms with Gasteiger partial charge in [0.25, 0.3) is 5.91 Å². The lowest BCUT2D eigenvalue weighted by Gasteiger charge is -2.21. The average Bonchev–Trinajstić information content (AvgIpc) is 2.33. The highest BCUT2D eigenvalue weighted by molar-refractivity contribution is 7.92. The number of amides is 1. The molecule has 0 atom stereocenters. The molecule has 0 radical (unpaired) electrons. The Bertz CT molecular complexity index is 601. The van der Waals surface area contributed by atoms with Gasteiger partial charge in [-0.25, -0.2) is 14.3 Å². The van der Waals surface area contributed by atoms with Gasteiger partial charge in [0.05, 0.1) is 11.9 Å². The predicted octanol–water partition coefficient (Wildman–Crippen LogP) is 0.341. The van der Waals surface area contributed by atoms with Gasteiger partial charge in [-0.2, -0.15) is 0 Å². The molecule has 3 N–H and O–H groups in total. The van der Waals surface area contributed by atoms with E-state index >= 15 is 0 Å². The summed E-state index contributed by atoms with van der Waals surface area (Å²) in [5.41, 5.74) is 1.76. The topological polar surface area (TPSA) is 102 Å². The van der Waals surface area contributed by atoms with Crippen molar-refractivity contribution in [2.45, 2.75) is 6.36 Å². The lowest BCUT2D eigenvalue weighted by atomic mass is 10.3. The average molecular weight is 327 g/mol. The summed E-state index contributed by atoms with van der Waals surface area (Å²) in [5, 5.41) is 0. The molecule has 0 saturated carbocycles. The second-order valence-corrected chi connectivity index (χ2v) is 5.79. The van der Waals surface area contributed by atoms with Gasteiger partial charge in [-0.1, -0.05) is 0 Å². The molecule has 0 heterocycles. The quantitative estimate of drug-likeness (QED) is 0.461. The maximum Gasteiger partial charge on any atom is 0.573 e. The number of hydrogen-bond acceptors (Lipinski definition) is 5. The normalized spacial score (nSPS) is 11.9. The van der Waals surface area contributed by atoms with Gasteiger partial charge in [0.15, 0.2) is 0 Å². The summed E-state index contributed by atoms with van der Waals surface area (Å²) in [6, 6.07) is 4.01. The Hall–Kier alpha value is -2.01. The monoisotopic (exact) mass is 327 g/mol. The van der Waals surface area contributed by atoms with E-state index in [1.807, 2.05) is 0 Å². The summed E-state index contributed by atoms with van der Waals surface area (Å²) < 4.78 is 63.6. The van der Waals surface area contributed by atoms with Crippen molar-refractivity contribution in [3.63, 3.8) is 0 Å². The van der Waals surface area contributed by atoms with E-state index in [9.17, 15) is 26.4 Å². The number of halogens is 3. The largest absolute Gasteiger partial charge is 0.573 e. The molecule has 21 heavy (non-hydrogen) atoms. The van der Waals surface area contributed by atoms with Crippen molar-refractivity contribution in [1.82, 2.24) is 5.43 Å². The molecule has 0 bridgehead atoms. The molecular formula is C10H12F3N3O4S. The van der Waals surface area contributed by atoms with E-state index in [0.717, 1.165) is 30.5 Å². The molecular weight excluding hydrogens is 315 g/mol. The van der Waals surface area contributed by atoms with Crippen LogP contribution in [0, 0.1) is 0 Å². The van der Waals surface area contributed by atoms with Crippen molar-refractivity contribution >= 4 is 21.6 Å². The number of nitrogens with one attached hydrogen (secondary N) is 1. The molecule has 118 valence electrons. The lowest BCUT2D eigenvalue weighted by molar-refractivity contribution is -0.274. The number of nitrogens with two attached hydrogens (primary N) is 1. The van der Waals surface area contributed by atoms with Gasteiger partial charge < -0.3 is 4.74 Å². The van der Waals surface area contributed by atoms with Gasteiger partial charge in [0.2, 0.25) is 10.0 Å². The third-order valence-electron chi connectivity index (χ3n) is 2.21. The van der Waals surface area contributed by atoms with Crippen molar-refractivity contribution < 1.29 is 31.1 Å². The molecule has 0 saturated heterocycles. The Morgan fingerprint density at radius 3 is 2.24 bits per heavy atom. The van der Waals surface area contributed by atoms with Crippen LogP contribution in [0.1, 0.15) is 0 Å². The van der Waals surface area contributed by atoms with Crippen molar-refractivity contribution in [3.8, 4) is 5.75 Å². The third-order valence-corrected chi connectivity index (χ3v) is 3.35. The number of sulfonamides is 1. The van der Waals surface area contributed by atoms with E-state index in [-0.39, 0.29) is 5.69 Å². The summed E-state index contributed by atoms with van der Waals surface area (Å²) in [6.07, 6.45) is -4.01. The first-order valence-electron chi connectivity index (χ1n) is 5.36. The Labute approximate surface area is 118 Å². The summed E-state index contributed by atoms with van der Waals surface area (Å²) in [7, 11) is -3.82. The maximum atomic E-state index is 12.0. The van der Waals surface area contributed by atoms with Gasteiger partial charge in [-0.15, -0.1) is 13.2 Å². The molecule has 0 aromatic heterocycles. The molecule has 0 unspecified atom stereocenters. The van der Waals surface area contributed by atoms with Gasteiger partial charge >= 0.3 is 6.36 Å². The van der Waals surface area contributed by atoms with E-state index < -0.39 is 34.6 Å². The summed E-state index contributed by atoms with van der Waals surface area (Å²) in [5.74, 6) is 3.58. The van der Waals surface area contributed by atoms with Crippen molar-refractivity contribution in [2.75, 3.05) is 17.1 Å². The van der Waals surface area contributed by atoms with Crippen LogP contribution in [0.4, 0.5) is 18.9 Å². The molecule has 1 amide bonds. The van der Waals surface area contributed by atoms with Crippen molar-refractivity contribution in [1.29, 1.82) is 0 Å². The molecule has 0 spiro atoms. The van der Waals surface area contributed by atoms with Crippen LogP contribution in [0.2, 0.25) is 0 Å². The van der Waals surface area contributed by atoms with E-state index in [1.165, 1.54) is 0 Å². The minimum atomic E-state index is -4.85. The van der Waals surface area contributed by atoms with Crippen LogP contribution >= 0.6 is 0 Å². The SMILES string of the molecule is CS(=O)(=O)N(CC(=O)NN)c1ccc(OC(F)(F)F)cc1. The summed E-state index contributed by atoms with van der Waals surface area (Å²) in [6.45, 7) is -0.602. The Morgan fingerprint density at radius 2 is 1.86 bits per heavy atom. The number of ether oxygens (including phenoxy) is 1. The number of hydrogen-bond donors (Lipinski definition) is 2. The highest BCUT2D eigenvalue weighted by Gasteiger charge is 2.31. The highest BCUT2D eigenvalue weighted by Crippen LogP contribution is 2.26. The molecule has 11 heteroatoms. The predicted molar refractivity (Wildman–Crippen MR) is 67.6 cm³/mol. The molecule has 0 aliphatic heterocycles. The highest BCUT2D eigenvalue weighted by atomic mass is 32.2. The zero-order chi connectivity index (χ0) is 16.3. The molecule has 0 fully saturated rings. The minimum absolute atomic E-state index is 0.00405. The number of rotatable bonds is 5. The van der Waals surface area contributed by atoms with Crippen LogP contribution < -0.4 is 20.3 Å². The maximum absolute atomic E-state index is 12.0. The Kier molecular flexibility index (Phi) is 5.01. The first kappa shape index (κ1) is 17.0. The van der Waals surface area contributed by atoms with Crippen LogP contribution in [0.25, 0.3) is 0 Å². The van der Waals surface area contributed by atoms with Crippen LogP contribution in [0.5, 0.6) is 5.75 Å². The van der Waals surface area contributed by atoms with Gasteiger partial charge in [0.1, 0.15) is 12.3 Å². The van der Waals surface area contributed by atoms with Crippen molar-refractivity contribution in [2.24, 2.45) is 5.84 Å². The minimum Gasteiger partial charge on any atom is -0.406 e. The lowest BCUT2D eigenvalue weighted by Crippen LogP contribution is -2.42. The number of benzene rings is 1. The van der Waals surface area contributed by atoms with E-state index in [2.05, 4.69) is 4.74 Å². The molecule has 1 aromatic carbocycles. The van der Waals surface area contributed by atoms with E-state index in [4.69, 9.17) is 5.84 Å². The van der Waals surface area contributed by atoms with Gasteiger partial charge in [0, 0.05) is 0 Å². The second-order valence-electron chi connectivity index (χ2n) is 3.88. The van der Waals surface area contributed by atoms with E-state index in [1.54, 1.807) is 5.43 Å². The number of carbonyl (C=O) groups excluding carboxylic acids is 1. The number of anilines is 1. The number of nitrogens with zero attached hydrogens (tertiary/aromatic N) is 1. The summed E-state index contributed by atoms with van der Waals surface area (Å²) in [4.78, 5) is 11.2. The Balaban J connectivity index is 3.02. The van der Waals surface area contributed by atoms with Crippen molar-refractivity contribution in [3.05, 3.63) is 24.3 Å².